The molecule has 1 aliphatic heterocycles. The first-order chi connectivity index (χ1) is 8.74. The first-order valence-electron chi connectivity index (χ1n) is 6.03. The van der Waals surface area contributed by atoms with Gasteiger partial charge in [0.05, 0.1) is 5.69 Å². The van der Waals surface area contributed by atoms with Crippen LogP contribution in [0, 0.1) is 0 Å². The van der Waals surface area contributed by atoms with Crippen molar-refractivity contribution < 1.29 is 4.74 Å². The molecule has 18 heavy (non-hydrogen) atoms. The van der Waals surface area contributed by atoms with Gasteiger partial charge in [-0.1, -0.05) is 24.3 Å². The number of hydrogen-bond acceptors (Lipinski definition) is 3. The molecule has 0 saturated carbocycles. The summed E-state index contributed by atoms with van der Waals surface area (Å²) in [4.78, 5) is 2.08. The molecule has 0 spiro atoms. The van der Waals surface area contributed by atoms with Crippen LogP contribution in [0.5, 0.6) is 5.75 Å². The Labute approximate surface area is 107 Å². The zero-order chi connectivity index (χ0) is 12.5. The predicted octanol–water partition coefficient (Wildman–Crippen LogP) is 3.26. The molecule has 3 nitrogen and oxygen atoms in total. The van der Waals surface area contributed by atoms with E-state index in [1.165, 1.54) is 5.69 Å². The first-order valence-corrected chi connectivity index (χ1v) is 6.03. The van der Waals surface area contributed by atoms with E-state index in [0.29, 0.717) is 0 Å². The summed E-state index contributed by atoms with van der Waals surface area (Å²) in [5.74, 6) is 0.916. The summed E-state index contributed by atoms with van der Waals surface area (Å²) in [7, 11) is 4.07. The number of nitrogens with one attached hydrogen (secondary N) is 1. The Morgan fingerprint density at radius 3 is 2.39 bits per heavy atom. The molecule has 0 radical (unpaired) electrons. The molecule has 2 aromatic carbocycles. The van der Waals surface area contributed by atoms with Crippen LogP contribution in [-0.4, -0.2) is 14.1 Å². The summed E-state index contributed by atoms with van der Waals surface area (Å²) in [6.45, 7) is 0. The maximum absolute atomic E-state index is 5.87. The van der Waals surface area contributed by atoms with E-state index in [1.54, 1.807) is 0 Å². The van der Waals surface area contributed by atoms with Crippen molar-refractivity contribution in [1.82, 2.24) is 0 Å². The monoisotopic (exact) mass is 240 g/mol. The number of hydrogen-bond donors (Lipinski definition) is 1. The van der Waals surface area contributed by atoms with Crippen molar-refractivity contribution in [2.45, 2.75) is 6.23 Å². The molecule has 2 aromatic rings. The lowest BCUT2D eigenvalue weighted by Crippen LogP contribution is -2.11. The molecule has 0 saturated heterocycles. The third-order valence-electron chi connectivity index (χ3n) is 3.13. The van der Waals surface area contributed by atoms with Crippen molar-refractivity contribution in [1.29, 1.82) is 0 Å². The second kappa shape index (κ2) is 4.26. The molecule has 0 unspecified atom stereocenters. The smallest absolute Gasteiger partial charge is 0.196 e. The number of anilines is 2. The lowest BCUT2D eigenvalue weighted by Gasteiger charge is -2.15. The van der Waals surface area contributed by atoms with Gasteiger partial charge in [0.1, 0.15) is 5.75 Å². The second-order valence-corrected chi connectivity index (χ2v) is 4.62. The Morgan fingerprint density at radius 2 is 1.72 bits per heavy atom. The van der Waals surface area contributed by atoms with Crippen LogP contribution in [0.4, 0.5) is 11.4 Å². The van der Waals surface area contributed by atoms with E-state index >= 15 is 0 Å². The van der Waals surface area contributed by atoms with Crippen molar-refractivity contribution in [3.05, 3.63) is 54.1 Å². The zero-order valence-electron chi connectivity index (χ0n) is 10.6. The average Bonchev–Trinajstić information content (AvgIpc) is 2.82. The van der Waals surface area contributed by atoms with Gasteiger partial charge in [0.25, 0.3) is 0 Å². The SMILES string of the molecule is CN(C)c1ccc([C@H]2Nc3ccccc3O2)cc1. The lowest BCUT2D eigenvalue weighted by molar-refractivity contribution is 0.260. The Kier molecular flexibility index (Phi) is 2.59. The van der Waals surface area contributed by atoms with Gasteiger partial charge in [-0.15, -0.1) is 0 Å². The molecular weight excluding hydrogens is 224 g/mol. The fraction of sp³-hybridized carbons (Fsp3) is 0.200. The quantitative estimate of drug-likeness (QED) is 0.872. The zero-order valence-corrected chi connectivity index (χ0v) is 10.6. The van der Waals surface area contributed by atoms with E-state index in [9.17, 15) is 0 Å². The Balaban J connectivity index is 1.82. The summed E-state index contributed by atoms with van der Waals surface area (Å²) in [6.07, 6.45) is -0.0846. The Morgan fingerprint density at radius 1 is 1.00 bits per heavy atom. The molecule has 92 valence electrons. The molecule has 0 aromatic heterocycles. The number of benzene rings is 2. The number of para-hydroxylation sites is 2. The molecular formula is C15H16N2O. The van der Waals surface area contributed by atoms with Crippen molar-refractivity contribution >= 4 is 11.4 Å². The van der Waals surface area contributed by atoms with Gasteiger partial charge in [-0.2, -0.15) is 0 Å². The molecule has 0 fully saturated rings. The molecule has 1 heterocycles. The number of fused-ring (bicyclic) bond motifs is 1. The fourth-order valence-corrected chi connectivity index (χ4v) is 2.08. The maximum Gasteiger partial charge on any atom is 0.196 e. The van der Waals surface area contributed by atoms with E-state index in [-0.39, 0.29) is 6.23 Å². The van der Waals surface area contributed by atoms with E-state index < -0.39 is 0 Å². The highest BCUT2D eigenvalue weighted by molar-refractivity contribution is 5.61. The average molecular weight is 240 g/mol. The van der Waals surface area contributed by atoms with Crippen molar-refractivity contribution in [3.63, 3.8) is 0 Å². The Bertz CT molecular complexity index is 524. The summed E-state index contributed by atoms with van der Waals surface area (Å²) in [5, 5.41) is 3.36. The summed E-state index contributed by atoms with van der Waals surface area (Å²) < 4.78 is 5.87. The second-order valence-electron chi connectivity index (χ2n) is 4.62. The molecule has 1 N–H and O–H groups in total. The number of rotatable bonds is 2. The summed E-state index contributed by atoms with van der Waals surface area (Å²) in [6, 6.07) is 16.4. The molecule has 0 aliphatic carbocycles. The third-order valence-corrected chi connectivity index (χ3v) is 3.13. The first kappa shape index (κ1) is 11.0. The van der Waals surface area contributed by atoms with Gasteiger partial charge >= 0.3 is 0 Å². The van der Waals surface area contributed by atoms with Crippen molar-refractivity contribution in [2.24, 2.45) is 0 Å². The molecule has 0 bridgehead atoms. The highest BCUT2D eigenvalue weighted by Crippen LogP contribution is 2.37. The van der Waals surface area contributed by atoms with E-state index in [4.69, 9.17) is 4.74 Å². The van der Waals surface area contributed by atoms with E-state index in [1.807, 2.05) is 38.4 Å². The van der Waals surface area contributed by atoms with Crippen LogP contribution in [0.2, 0.25) is 0 Å². The van der Waals surface area contributed by atoms with Crippen molar-refractivity contribution in [3.8, 4) is 5.75 Å². The van der Waals surface area contributed by atoms with Gasteiger partial charge < -0.3 is 15.0 Å². The topological polar surface area (TPSA) is 24.5 Å². The molecule has 3 rings (SSSR count). The van der Waals surface area contributed by atoms with Crippen LogP contribution in [0.15, 0.2) is 48.5 Å². The molecule has 1 atom stereocenters. The fourth-order valence-electron chi connectivity index (χ4n) is 2.08. The van der Waals surface area contributed by atoms with Crippen molar-refractivity contribution in [2.75, 3.05) is 24.3 Å². The minimum absolute atomic E-state index is 0.0846. The largest absolute Gasteiger partial charge is 0.464 e. The van der Waals surface area contributed by atoms with Gasteiger partial charge in [0, 0.05) is 25.3 Å². The molecule has 0 amide bonds. The van der Waals surface area contributed by atoms with Crippen LogP contribution in [0.1, 0.15) is 11.8 Å². The number of ether oxygens (including phenoxy) is 1. The van der Waals surface area contributed by atoms with Gasteiger partial charge in [-0.05, 0) is 24.3 Å². The maximum atomic E-state index is 5.87. The van der Waals surface area contributed by atoms with Gasteiger partial charge in [0.15, 0.2) is 6.23 Å². The third kappa shape index (κ3) is 1.88. The minimum Gasteiger partial charge on any atom is -0.464 e. The Hall–Kier alpha value is -2.16. The number of nitrogens with zero attached hydrogens (tertiary/aromatic N) is 1. The van der Waals surface area contributed by atoms with Crippen LogP contribution < -0.4 is 15.0 Å². The van der Waals surface area contributed by atoms with Crippen LogP contribution in [0.25, 0.3) is 0 Å². The van der Waals surface area contributed by atoms with Gasteiger partial charge in [0.2, 0.25) is 0 Å². The molecule has 1 aliphatic rings. The van der Waals surface area contributed by atoms with E-state index in [2.05, 4.69) is 34.5 Å². The van der Waals surface area contributed by atoms with Crippen LogP contribution >= 0.6 is 0 Å². The van der Waals surface area contributed by atoms with Gasteiger partial charge in [-0.3, -0.25) is 0 Å². The normalized spacial score (nSPS) is 16.7. The minimum atomic E-state index is -0.0846. The van der Waals surface area contributed by atoms with Gasteiger partial charge in [-0.25, -0.2) is 0 Å². The van der Waals surface area contributed by atoms with Crippen LogP contribution in [-0.2, 0) is 0 Å². The standard InChI is InChI=1S/C15H16N2O/c1-17(2)12-9-7-11(8-10-12)15-16-13-5-3-4-6-14(13)18-15/h3-10,15-16H,1-2H3/t15-/m0/s1. The summed E-state index contributed by atoms with van der Waals surface area (Å²) in [5.41, 5.74) is 3.38. The molecule has 3 heteroatoms. The highest BCUT2D eigenvalue weighted by atomic mass is 16.5. The van der Waals surface area contributed by atoms with E-state index in [0.717, 1.165) is 17.0 Å². The summed E-state index contributed by atoms with van der Waals surface area (Å²) >= 11 is 0. The van der Waals surface area contributed by atoms with Crippen LogP contribution in [0.3, 0.4) is 0 Å². The highest BCUT2D eigenvalue weighted by Gasteiger charge is 2.22. The predicted molar refractivity (Wildman–Crippen MR) is 74.2 cm³/mol. The lowest BCUT2D eigenvalue weighted by atomic mass is 10.2.